The fraction of sp³-hybridized carbons (Fsp3) is 0.375. The van der Waals surface area contributed by atoms with Gasteiger partial charge in [0.15, 0.2) is 0 Å². The lowest BCUT2D eigenvalue weighted by Crippen LogP contribution is -2.01. The van der Waals surface area contributed by atoms with E-state index >= 15 is 0 Å². The van der Waals surface area contributed by atoms with E-state index in [4.69, 9.17) is 5.11 Å². The van der Waals surface area contributed by atoms with Gasteiger partial charge in [0.1, 0.15) is 6.20 Å². The van der Waals surface area contributed by atoms with Gasteiger partial charge in [-0.1, -0.05) is 0 Å². The smallest absolute Gasteiger partial charge is 0.114 e. The van der Waals surface area contributed by atoms with E-state index in [2.05, 4.69) is 16.5 Å². The van der Waals surface area contributed by atoms with Crippen molar-refractivity contribution >= 4 is 5.69 Å². The predicted octanol–water partition coefficient (Wildman–Crippen LogP) is 0.806. The number of aliphatic hydroxyl groups is 1. The average Bonchev–Trinajstić information content (AvgIpc) is 2.06. The average molecular weight is 151 g/mol. The van der Waals surface area contributed by atoms with Crippen LogP contribution in [0.1, 0.15) is 12.5 Å². The van der Waals surface area contributed by atoms with Gasteiger partial charge in [-0.05, 0) is 13.0 Å². The zero-order valence-corrected chi connectivity index (χ0v) is 6.46. The van der Waals surface area contributed by atoms with Gasteiger partial charge in [0.25, 0.3) is 0 Å². The maximum atomic E-state index is 8.86. The summed E-state index contributed by atoms with van der Waals surface area (Å²) in [6, 6.07) is 1.77. The van der Waals surface area contributed by atoms with Crippen LogP contribution in [0.4, 0.5) is 5.69 Å². The lowest BCUT2D eigenvalue weighted by molar-refractivity contribution is 0.282. The van der Waals surface area contributed by atoms with E-state index in [1.54, 1.807) is 12.3 Å². The minimum Gasteiger partial charge on any atom is -0.392 e. The third-order valence-corrected chi connectivity index (χ3v) is 1.37. The van der Waals surface area contributed by atoms with E-state index in [9.17, 15) is 0 Å². The molecule has 1 radical (unpaired) electrons. The van der Waals surface area contributed by atoms with Crippen LogP contribution in [0.25, 0.3) is 0 Å². The highest BCUT2D eigenvalue weighted by molar-refractivity contribution is 5.47. The van der Waals surface area contributed by atoms with Gasteiger partial charge in [0.2, 0.25) is 0 Å². The molecule has 0 amide bonds. The van der Waals surface area contributed by atoms with Crippen LogP contribution in [-0.4, -0.2) is 16.6 Å². The van der Waals surface area contributed by atoms with Crippen LogP contribution in [0.5, 0.6) is 0 Å². The summed E-state index contributed by atoms with van der Waals surface area (Å²) in [6.45, 7) is 2.83. The molecule has 59 valence electrons. The summed E-state index contributed by atoms with van der Waals surface area (Å²) in [5.74, 6) is 0. The van der Waals surface area contributed by atoms with Crippen molar-refractivity contribution in [2.24, 2.45) is 0 Å². The van der Waals surface area contributed by atoms with E-state index in [-0.39, 0.29) is 6.61 Å². The van der Waals surface area contributed by atoms with Gasteiger partial charge in [0.05, 0.1) is 12.3 Å². The number of anilines is 1. The number of hydrogen-bond acceptors (Lipinski definition) is 3. The van der Waals surface area contributed by atoms with Crippen LogP contribution in [0.2, 0.25) is 0 Å². The summed E-state index contributed by atoms with van der Waals surface area (Å²) in [7, 11) is 0. The molecule has 2 N–H and O–H groups in total. The second-order valence-corrected chi connectivity index (χ2v) is 2.15. The van der Waals surface area contributed by atoms with Gasteiger partial charge in [-0.15, -0.1) is 0 Å². The third-order valence-electron chi connectivity index (χ3n) is 1.37. The molecule has 1 rings (SSSR count). The molecular weight excluding hydrogens is 140 g/mol. The molecule has 3 nitrogen and oxygen atoms in total. The lowest BCUT2D eigenvalue weighted by atomic mass is 10.2. The van der Waals surface area contributed by atoms with Crippen molar-refractivity contribution < 1.29 is 5.11 Å². The highest BCUT2D eigenvalue weighted by Gasteiger charge is 1.97. The zero-order chi connectivity index (χ0) is 8.10. The molecule has 0 aliphatic carbocycles. The van der Waals surface area contributed by atoms with E-state index in [0.717, 1.165) is 17.8 Å². The Labute approximate surface area is 66.1 Å². The maximum Gasteiger partial charge on any atom is 0.114 e. The maximum absolute atomic E-state index is 8.86. The SMILES string of the molecule is CCNc1[c]nccc1CO. The van der Waals surface area contributed by atoms with Crippen LogP contribution in [0, 0.1) is 6.20 Å². The Morgan fingerprint density at radius 1 is 1.73 bits per heavy atom. The molecule has 1 heterocycles. The first-order valence-corrected chi connectivity index (χ1v) is 3.58. The first-order valence-electron chi connectivity index (χ1n) is 3.58. The van der Waals surface area contributed by atoms with Gasteiger partial charge >= 0.3 is 0 Å². The Morgan fingerprint density at radius 3 is 3.18 bits per heavy atom. The molecular formula is C8H11N2O. The van der Waals surface area contributed by atoms with Gasteiger partial charge in [-0.2, -0.15) is 0 Å². The van der Waals surface area contributed by atoms with Crippen molar-refractivity contribution in [2.75, 3.05) is 11.9 Å². The number of rotatable bonds is 3. The summed E-state index contributed by atoms with van der Waals surface area (Å²) in [6.07, 6.45) is 4.39. The standard InChI is InChI=1S/C8H11N2O/c1-2-10-8-5-9-4-3-7(8)6-11/h3-4,10-11H,2,6H2,1H3. The Morgan fingerprint density at radius 2 is 2.55 bits per heavy atom. The van der Waals surface area contributed by atoms with Gasteiger partial charge in [-0.25, -0.2) is 0 Å². The zero-order valence-electron chi connectivity index (χ0n) is 6.46. The highest BCUT2D eigenvalue weighted by Crippen LogP contribution is 2.11. The minimum atomic E-state index is 0.0291. The summed E-state index contributed by atoms with van der Waals surface area (Å²) >= 11 is 0. The van der Waals surface area contributed by atoms with Crippen LogP contribution in [-0.2, 0) is 6.61 Å². The fourth-order valence-corrected chi connectivity index (χ4v) is 0.846. The second-order valence-electron chi connectivity index (χ2n) is 2.15. The molecule has 0 bridgehead atoms. The summed E-state index contributed by atoms with van der Waals surface area (Å²) < 4.78 is 0. The van der Waals surface area contributed by atoms with E-state index in [0.29, 0.717) is 0 Å². The lowest BCUT2D eigenvalue weighted by Gasteiger charge is -2.05. The number of hydrogen-bond donors (Lipinski definition) is 2. The number of nitrogens with one attached hydrogen (secondary N) is 1. The van der Waals surface area contributed by atoms with Gasteiger partial charge in [-0.3, -0.25) is 4.98 Å². The normalized spacial score (nSPS) is 9.64. The van der Waals surface area contributed by atoms with Crippen molar-refractivity contribution in [2.45, 2.75) is 13.5 Å². The quantitative estimate of drug-likeness (QED) is 0.671. The monoisotopic (exact) mass is 151 g/mol. The van der Waals surface area contributed by atoms with Crippen molar-refractivity contribution in [1.82, 2.24) is 4.98 Å². The van der Waals surface area contributed by atoms with Crippen LogP contribution in [0.3, 0.4) is 0 Å². The second kappa shape index (κ2) is 3.93. The van der Waals surface area contributed by atoms with Crippen LogP contribution < -0.4 is 5.32 Å². The van der Waals surface area contributed by atoms with Crippen LogP contribution in [0.15, 0.2) is 12.3 Å². The Hall–Kier alpha value is -1.09. The summed E-state index contributed by atoms with van der Waals surface area (Å²) in [4.78, 5) is 3.81. The highest BCUT2D eigenvalue weighted by atomic mass is 16.3. The molecule has 0 saturated carbocycles. The van der Waals surface area contributed by atoms with Crippen molar-refractivity contribution in [3.05, 3.63) is 24.0 Å². The van der Waals surface area contributed by atoms with E-state index in [1.807, 2.05) is 6.92 Å². The summed E-state index contributed by atoms with van der Waals surface area (Å²) in [5, 5.41) is 11.9. The van der Waals surface area contributed by atoms with Crippen molar-refractivity contribution in [3.63, 3.8) is 0 Å². The topological polar surface area (TPSA) is 45.2 Å². The number of nitrogens with zero attached hydrogens (tertiary/aromatic N) is 1. The van der Waals surface area contributed by atoms with E-state index < -0.39 is 0 Å². The molecule has 0 aliphatic heterocycles. The molecule has 0 aliphatic rings. The van der Waals surface area contributed by atoms with Crippen molar-refractivity contribution in [3.8, 4) is 0 Å². The molecule has 0 unspecified atom stereocenters. The summed E-state index contributed by atoms with van der Waals surface area (Å²) in [5.41, 5.74) is 1.62. The van der Waals surface area contributed by atoms with E-state index in [1.165, 1.54) is 0 Å². The molecule has 0 spiro atoms. The fourth-order valence-electron chi connectivity index (χ4n) is 0.846. The Kier molecular flexibility index (Phi) is 2.86. The van der Waals surface area contributed by atoms with Crippen LogP contribution >= 0.6 is 0 Å². The molecule has 0 aromatic carbocycles. The number of aromatic nitrogens is 1. The molecule has 0 atom stereocenters. The number of pyridine rings is 1. The Balaban J connectivity index is 2.83. The molecule has 11 heavy (non-hydrogen) atoms. The largest absolute Gasteiger partial charge is 0.392 e. The number of aliphatic hydroxyl groups excluding tert-OH is 1. The van der Waals surface area contributed by atoms with Gasteiger partial charge < -0.3 is 10.4 Å². The third kappa shape index (κ3) is 1.91. The van der Waals surface area contributed by atoms with Crippen molar-refractivity contribution in [1.29, 1.82) is 0 Å². The first kappa shape index (κ1) is 8.01. The molecule has 0 saturated heterocycles. The molecule has 1 aromatic rings. The minimum absolute atomic E-state index is 0.0291. The Bertz CT molecular complexity index is 225. The predicted molar refractivity (Wildman–Crippen MR) is 43.2 cm³/mol. The molecule has 3 heteroatoms. The first-order chi connectivity index (χ1) is 5.38. The molecule has 0 fully saturated rings. The van der Waals surface area contributed by atoms with Gasteiger partial charge in [0, 0.05) is 18.3 Å². The molecule has 1 aromatic heterocycles.